The fourth-order valence-electron chi connectivity index (χ4n) is 2.28. The summed E-state index contributed by atoms with van der Waals surface area (Å²) in [4.78, 5) is 23.9. The molecule has 0 aliphatic heterocycles. The van der Waals surface area contributed by atoms with Gasteiger partial charge in [-0.1, -0.05) is 42.5 Å². The average Bonchev–Trinajstić information content (AvgIpc) is 2.81. The van der Waals surface area contributed by atoms with Crippen molar-refractivity contribution in [1.29, 1.82) is 0 Å². The van der Waals surface area contributed by atoms with E-state index in [0.717, 1.165) is 11.1 Å². The highest BCUT2D eigenvalue weighted by Crippen LogP contribution is 2.29. The van der Waals surface area contributed by atoms with Gasteiger partial charge in [-0.2, -0.15) is 0 Å². The Morgan fingerprint density at radius 1 is 1.43 bits per heavy atom. The van der Waals surface area contributed by atoms with Crippen LogP contribution in [0.4, 0.5) is 4.79 Å². The van der Waals surface area contributed by atoms with Gasteiger partial charge in [-0.3, -0.25) is 10.1 Å². The third-order valence-electron chi connectivity index (χ3n) is 3.29. The lowest BCUT2D eigenvalue weighted by Crippen LogP contribution is -2.36. The second-order valence-corrected chi connectivity index (χ2v) is 5.19. The van der Waals surface area contributed by atoms with E-state index in [1.54, 1.807) is 6.92 Å². The lowest BCUT2D eigenvalue weighted by Gasteiger charge is -2.10. The van der Waals surface area contributed by atoms with E-state index >= 15 is 0 Å². The van der Waals surface area contributed by atoms with Gasteiger partial charge in [0.2, 0.25) is 0 Å². The lowest BCUT2D eigenvalue weighted by molar-refractivity contribution is -0.116. The summed E-state index contributed by atoms with van der Waals surface area (Å²) in [6.07, 6.45) is 2.58. The number of ketones is 1. The van der Waals surface area contributed by atoms with Crippen molar-refractivity contribution in [2.75, 3.05) is 6.61 Å². The fraction of sp³-hybridized carbons (Fsp3) is 0.312. The van der Waals surface area contributed by atoms with E-state index < -0.39 is 12.0 Å². The maximum absolute atomic E-state index is 12.3. The van der Waals surface area contributed by atoms with Gasteiger partial charge < -0.3 is 4.74 Å². The fourth-order valence-corrected chi connectivity index (χ4v) is 2.58. The van der Waals surface area contributed by atoms with Gasteiger partial charge >= 0.3 is 6.09 Å². The summed E-state index contributed by atoms with van der Waals surface area (Å²) < 4.78 is 4.77. The molecule has 0 heterocycles. The van der Waals surface area contributed by atoms with Crippen molar-refractivity contribution in [3.8, 4) is 0 Å². The number of Topliss-reactive ketones (excluding diaryl/α,β-unsaturated/α-hetero) is 1. The number of amides is 1. The Bertz CT molecular complexity index is 580. The zero-order valence-electron chi connectivity index (χ0n) is 11.8. The summed E-state index contributed by atoms with van der Waals surface area (Å²) in [5.41, 5.74) is 1.74. The van der Waals surface area contributed by atoms with E-state index in [2.05, 4.69) is 5.32 Å². The molecule has 21 heavy (non-hydrogen) atoms. The Morgan fingerprint density at radius 2 is 2.14 bits per heavy atom. The predicted octanol–water partition coefficient (Wildman–Crippen LogP) is 3.12. The van der Waals surface area contributed by atoms with Gasteiger partial charge in [-0.25, -0.2) is 4.79 Å². The molecule has 0 radical (unpaired) electrons. The van der Waals surface area contributed by atoms with Crippen molar-refractivity contribution in [2.45, 2.75) is 19.8 Å². The molecule has 1 aromatic rings. The highest BCUT2D eigenvalue weighted by Gasteiger charge is 2.33. The van der Waals surface area contributed by atoms with Crippen molar-refractivity contribution < 1.29 is 14.3 Å². The molecule has 1 N–H and O–H groups in total. The first-order valence-corrected chi connectivity index (χ1v) is 7.30. The quantitative estimate of drug-likeness (QED) is 0.688. The molecular formula is C16H17NO3S. The molecule has 1 aliphatic carbocycles. The number of benzene rings is 1. The van der Waals surface area contributed by atoms with E-state index in [4.69, 9.17) is 17.0 Å². The van der Waals surface area contributed by atoms with Crippen LogP contribution in [0.25, 0.3) is 6.08 Å². The van der Waals surface area contributed by atoms with Crippen molar-refractivity contribution in [3.63, 3.8) is 0 Å². The molecule has 0 saturated heterocycles. The van der Waals surface area contributed by atoms with Gasteiger partial charge in [0, 0.05) is 0 Å². The van der Waals surface area contributed by atoms with E-state index in [0.29, 0.717) is 12.8 Å². The summed E-state index contributed by atoms with van der Waals surface area (Å²) >= 11 is 5.14. The predicted molar refractivity (Wildman–Crippen MR) is 84.9 cm³/mol. The highest BCUT2D eigenvalue weighted by atomic mass is 32.1. The van der Waals surface area contributed by atoms with E-state index in [-0.39, 0.29) is 17.4 Å². The minimum Gasteiger partial charge on any atom is -0.450 e. The number of thiocarbonyl (C=S) groups is 1. The minimum atomic E-state index is -0.601. The van der Waals surface area contributed by atoms with Crippen LogP contribution in [0, 0.1) is 5.92 Å². The molecule has 5 heteroatoms. The minimum absolute atomic E-state index is 0.0133. The smallest absolute Gasteiger partial charge is 0.412 e. The van der Waals surface area contributed by atoms with Crippen LogP contribution in [0.2, 0.25) is 0 Å². The monoisotopic (exact) mass is 303 g/mol. The Labute approximate surface area is 129 Å². The molecule has 4 nitrogen and oxygen atoms in total. The molecular weight excluding hydrogens is 286 g/mol. The van der Waals surface area contributed by atoms with Gasteiger partial charge in [0.05, 0.1) is 17.5 Å². The first-order chi connectivity index (χ1) is 10.1. The number of nitrogens with one attached hydrogen (secondary N) is 1. The lowest BCUT2D eigenvalue weighted by atomic mass is 10.0. The van der Waals surface area contributed by atoms with Gasteiger partial charge in [-0.15, -0.1) is 0 Å². The maximum Gasteiger partial charge on any atom is 0.412 e. The van der Waals surface area contributed by atoms with Crippen molar-refractivity contribution in [2.24, 2.45) is 5.92 Å². The van der Waals surface area contributed by atoms with Crippen LogP contribution in [-0.2, 0) is 9.53 Å². The Morgan fingerprint density at radius 3 is 2.81 bits per heavy atom. The number of allylic oxidation sites excluding steroid dienone is 1. The Hall–Kier alpha value is -2.01. The van der Waals surface area contributed by atoms with Crippen molar-refractivity contribution in [1.82, 2.24) is 5.32 Å². The number of hydrogen-bond acceptors (Lipinski definition) is 4. The molecule has 0 aromatic heterocycles. The SMILES string of the molecule is CCOC(=O)NC(=S)[C@@H]1CC/C(=C\c2ccccc2)C1=O. The van der Waals surface area contributed by atoms with Crippen molar-refractivity contribution >= 4 is 35.2 Å². The summed E-state index contributed by atoms with van der Waals surface area (Å²) in [5.74, 6) is -0.444. The van der Waals surface area contributed by atoms with Gasteiger partial charge in [0.15, 0.2) is 5.78 Å². The molecule has 1 aromatic carbocycles. The molecule has 0 unspecified atom stereocenters. The third-order valence-corrected chi connectivity index (χ3v) is 3.68. The molecule has 110 valence electrons. The molecule has 1 atom stereocenters. The second-order valence-electron chi connectivity index (χ2n) is 4.75. The molecule has 1 amide bonds. The second kappa shape index (κ2) is 7.13. The summed E-state index contributed by atoms with van der Waals surface area (Å²) in [5, 5.41) is 2.46. The molecule has 1 aliphatic rings. The third kappa shape index (κ3) is 3.98. The van der Waals surface area contributed by atoms with Crippen molar-refractivity contribution in [3.05, 3.63) is 41.5 Å². The molecule has 1 saturated carbocycles. The van der Waals surface area contributed by atoms with Crippen LogP contribution in [0.1, 0.15) is 25.3 Å². The molecule has 0 bridgehead atoms. The Kier molecular flexibility index (Phi) is 5.22. The van der Waals surface area contributed by atoms with Crippen LogP contribution >= 0.6 is 12.2 Å². The summed E-state index contributed by atoms with van der Waals surface area (Å²) in [6.45, 7) is 1.98. The van der Waals surface area contributed by atoms with Gasteiger partial charge in [-0.05, 0) is 37.0 Å². The van der Waals surface area contributed by atoms with E-state index in [1.165, 1.54) is 0 Å². The zero-order chi connectivity index (χ0) is 15.2. The first-order valence-electron chi connectivity index (χ1n) is 6.89. The maximum atomic E-state index is 12.3. The van der Waals surface area contributed by atoms with Crippen LogP contribution in [0.3, 0.4) is 0 Å². The summed E-state index contributed by atoms with van der Waals surface area (Å²) in [7, 11) is 0. The number of carbonyl (C=O) groups is 2. The van der Waals surface area contributed by atoms with Gasteiger partial charge in [0.25, 0.3) is 0 Å². The number of carbonyl (C=O) groups excluding carboxylic acids is 2. The molecule has 0 spiro atoms. The largest absolute Gasteiger partial charge is 0.450 e. The Balaban J connectivity index is 2.03. The van der Waals surface area contributed by atoms with Crippen LogP contribution in [0.15, 0.2) is 35.9 Å². The van der Waals surface area contributed by atoms with Crippen LogP contribution in [0.5, 0.6) is 0 Å². The number of hydrogen-bond donors (Lipinski definition) is 1. The number of rotatable bonds is 3. The summed E-state index contributed by atoms with van der Waals surface area (Å²) in [6, 6.07) is 9.68. The number of alkyl carbamates (subject to hydrolysis) is 1. The normalized spacial score (nSPS) is 19.6. The van der Waals surface area contributed by atoms with E-state index in [1.807, 2.05) is 36.4 Å². The van der Waals surface area contributed by atoms with Crippen LogP contribution in [-0.4, -0.2) is 23.5 Å². The van der Waals surface area contributed by atoms with Gasteiger partial charge in [0.1, 0.15) is 0 Å². The van der Waals surface area contributed by atoms with E-state index in [9.17, 15) is 9.59 Å². The topological polar surface area (TPSA) is 55.4 Å². The molecule has 2 rings (SSSR count). The average molecular weight is 303 g/mol. The van der Waals surface area contributed by atoms with Crippen LogP contribution < -0.4 is 5.32 Å². The standard InChI is InChI=1S/C16H17NO3S/c1-2-20-16(19)17-15(21)13-9-8-12(14(13)18)10-11-6-4-3-5-7-11/h3-7,10,13H,2,8-9H2,1H3,(H,17,19,21)/b12-10+/t13-/m1/s1. The highest BCUT2D eigenvalue weighted by molar-refractivity contribution is 7.80. The zero-order valence-corrected chi connectivity index (χ0v) is 12.6. The molecule has 1 fully saturated rings. The number of ether oxygens (including phenoxy) is 1. The first kappa shape index (κ1) is 15.4.